The molecule has 15 heavy (non-hydrogen) atoms. The van der Waals surface area contributed by atoms with Gasteiger partial charge in [-0.3, -0.25) is 4.55 Å². The number of rotatable bonds is 1. The number of hydrogen-bond acceptors (Lipinski definition) is 3. The van der Waals surface area contributed by atoms with Crippen LogP contribution in [0.1, 0.15) is 0 Å². The number of hydrogen-bond donors (Lipinski definition) is 2. The molecule has 1 aromatic carbocycles. The van der Waals surface area contributed by atoms with Crippen molar-refractivity contribution in [2.24, 2.45) is 0 Å². The van der Waals surface area contributed by atoms with E-state index in [1.165, 1.54) is 0 Å². The predicted molar refractivity (Wildman–Crippen MR) is 37.8 cm³/mol. The van der Waals surface area contributed by atoms with Gasteiger partial charge in [0.15, 0.2) is 22.3 Å². The van der Waals surface area contributed by atoms with Gasteiger partial charge in [-0.2, -0.15) is 12.8 Å². The Hall–Kier alpha value is -1.35. The van der Waals surface area contributed by atoms with Crippen molar-refractivity contribution in [3.8, 4) is 5.75 Å². The van der Waals surface area contributed by atoms with Crippen molar-refractivity contribution in [2.75, 3.05) is 0 Å². The normalized spacial score (nSPS) is 11.8. The van der Waals surface area contributed by atoms with E-state index in [4.69, 9.17) is 9.66 Å². The maximum Gasteiger partial charge on any atom is 0.301 e. The van der Waals surface area contributed by atoms with Crippen molar-refractivity contribution in [3.05, 3.63) is 23.3 Å². The quantitative estimate of drug-likeness (QED) is 0.338. The Kier molecular flexibility index (Phi) is 2.62. The summed E-state index contributed by atoms with van der Waals surface area (Å²) in [7, 11) is -5.40. The fourth-order valence-electron chi connectivity index (χ4n) is 0.835. The van der Waals surface area contributed by atoms with E-state index >= 15 is 0 Å². The van der Waals surface area contributed by atoms with E-state index < -0.39 is 44.0 Å². The molecule has 0 radical (unpaired) electrons. The molecule has 0 aromatic heterocycles. The van der Waals surface area contributed by atoms with Crippen LogP contribution >= 0.6 is 0 Å². The second-order valence-corrected chi connectivity index (χ2v) is 3.77. The molecule has 0 fully saturated rings. The van der Waals surface area contributed by atoms with E-state index in [2.05, 4.69) is 0 Å². The van der Waals surface area contributed by atoms with Gasteiger partial charge in [-0.15, -0.1) is 0 Å². The molecule has 0 saturated heterocycles. The average Bonchev–Trinajstić information content (AvgIpc) is 2.09. The molecular weight excluding hydrogens is 244 g/mol. The number of halogens is 4. The van der Waals surface area contributed by atoms with Crippen molar-refractivity contribution in [1.82, 2.24) is 0 Å². The van der Waals surface area contributed by atoms with Crippen LogP contribution in [-0.4, -0.2) is 18.1 Å². The highest BCUT2D eigenvalue weighted by Gasteiger charge is 2.31. The number of benzene rings is 1. The van der Waals surface area contributed by atoms with Crippen LogP contribution in [0.25, 0.3) is 0 Å². The molecule has 9 heteroatoms. The molecule has 2 N–H and O–H groups in total. The summed E-state index contributed by atoms with van der Waals surface area (Å²) in [6.45, 7) is 0. The number of phenolic OH excluding ortho intramolecular Hbond substituents is 1. The second-order valence-electron chi connectivity index (χ2n) is 2.41. The summed E-state index contributed by atoms with van der Waals surface area (Å²) in [6, 6.07) is 0. The monoisotopic (exact) mass is 246 g/mol. The van der Waals surface area contributed by atoms with Crippen LogP contribution in [0.15, 0.2) is 4.90 Å². The highest BCUT2D eigenvalue weighted by Crippen LogP contribution is 2.32. The Morgan fingerprint density at radius 3 is 1.67 bits per heavy atom. The van der Waals surface area contributed by atoms with E-state index in [0.717, 1.165) is 0 Å². The van der Waals surface area contributed by atoms with Gasteiger partial charge in [0.25, 0.3) is 0 Å². The largest absolute Gasteiger partial charge is 0.504 e. The van der Waals surface area contributed by atoms with Gasteiger partial charge in [0, 0.05) is 0 Å². The molecule has 1 aromatic rings. The van der Waals surface area contributed by atoms with E-state index in [-0.39, 0.29) is 0 Å². The van der Waals surface area contributed by atoms with Crippen LogP contribution in [-0.2, 0) is 10.1 Å². The SMILES string of the molecule is O=S(=O)(O)c1c(O)c(F)c(F)c(F)c1F. The third-order valence-corrected chi connectivity index (χ3v) is 2.35. The summed E-state index contributed by atoms with van der Waals surface area (Å²) in [6.07, 6.45) is 0. The molecular formula is C6H2F4O4S. The van der Waals surface area contributed by atoms with Crippen LogP contribution in [0.2, 0.25) is 0 Å². The number of phenols is 1. The molecule has 0 unspecified atom stereocenters. The van der Waals surface area contributed by atoms with Crippen LogP contribution < -0.4 is 0 Å². The average molecular weight is 246 g/mol. The van der Waals surface area contributed by atoms with E-state index in [1.54, 1.807) is 0 Å². The maximum absolute atomic E-state index is 12.7. The zero-order chi connectivity index (χ0) is 12.0. The first-order valence-electron chi connectivity index (χ1n) is 3.20. The minimum absolute atomic E-state index is 2.02. The smallest absolute Gasteiger partial charge is 0.301 e. The highest BCUT2D eigenvalue weighted by molar-refractivity contribution is 7.86. The standard InChI is InChI=1S/C6H2F4O4S/c7-1-2(8)4(10)6(15(12,13)14)5(11)3(1)9/h11H,(H,12,13,14). The van der Waals surface area contributed by atoms with Crippen molar-refractivity contribution in [3.63, 3.8) is 0 Å². The Morgan fingerprint density at radius 2 is 1.27 bits per heavy atom. The van der Waals surface area contributed by atoms with Gasteiger partial charge >= 0.3 is 10.1 Å². The molecule has 4 nitrogen and oxygen atoms in total. The third kappa shape index (κ3) is 1.75. The van der Waals surface area contributed by atoms with Gasteiger partial charge in [-0.1, -0.05) is 0 Å². The van der Waals surface area contributed by atoms with Crippen LogP contribution in [0.4, 0.5) is 17.6 Å². The summed E-state index contributed by atoms with van der Waals surface area (Å²) in [4.78, 5) is -2.04. The molecule has 0 atom stereocenters. The maximum atomic E-state index is 12.7. The fourth-order valence-corrected chi connectivity index (χ4v) is 1.49. The minimum atomic E-state index is -5.40. The van der Waals surface area contributed by atoms with Gasteiger partial charge in [-0.05, 0) is 0 Å². The van der Waals surface area contributed by atoms with E-state index in [9.17, 15) is 26.0 Å². The molecule has 0 aliphatic heterocycles. The molecule has 0 saturated carbocycles. The van der Waals surface area contributed by atoms with Crippen molar-refractivity contribution in [2.45, 2.75) is 4.90 Å². The first kappa shape index (κ1) is 11.7. The Bertz CT molecular complexity index is 495. The molecule has 0 amide bonds. The minimum Gasteiger partial charge on any atom is -0.504 e. The Labute approximate surface area is 80.5 Å². The van der Waals surface area contributed by atoms with E-state index in [1.807, 2.05) is 0 Å². The lowest BCUT2D eigenvalue weighted by molar-refractivity contribution is 0.341. The first-order valence-corrected chi connectivity index (χ1v) is 4.64. The summed E-state index contributed by atoms with van der Waals surface area (Å²) < 4.78 is 79.2. The number of aromatic hydroxyl groups is 1. The summed E-state index contributed by atoms with van der Waals surface area (Å²) >= 11 is 0. The van der Waals surface area contributed by atoms with Gasteiger partial charge in [0.05, 0.1) is 0 Å². The summed E-state index contributed by atoms with van der Waals surface area (Å²) in [5.41, 5.74) is 0. The lowest BCUT2D eigenvalue weighted by Crippen LogP contribution is -2.08. The molecule has 0 aliphatic rings. The van der Waals surface area contributed by atoms with Gasteiger partial charge in [0.2, 0.25) is 11.6 Å². The highest BCUT2D eigenvalue weighted by atomic mass is 32.2. The molecule has 0 spiro atoms. The van der Waals surface area contributed by atoms with Gasteiger partial charge in [-0.25, -0.2) is 13.2 Å². The van der Waals surface area contributed by atoms with Crippen molar-refractivity contribution in [1.29, 1.82) is 0 Å². The van der Waals surface area contributed by atoms with Crippen molar-refractivity contribution < 1.29 is 35.6 Å². The Morgan fingerprint density at radius 1 is 0.867 bits per heavy atom. The second kappa shape index (κ2) is 3.35. The molecule has 84 valence electrons. The summed E-state index contributed by atoms with van der Waals surface area (Å²) in [5, 5.41) is 8.66. The van der Waals surface area contributed by atoms with E-state index in [0.29, 0.717) is 0 Å². The lowest BCUT2D eigenvalue weighted by atomic mass is 10.3. The lowest BCUT2D eigenvalue weighted by Gasteiger charge is -2.05. The van der Waals surface area contributed by atoms with Crippen LogP contribution in [0.3, 0.4) is 0 Å². The van der Waals surface area contributed by atoms with Crippen LogP contribution in [0.5, 0.6) is 5.75 Å². The zero-order valence-electron chi connectivity index (χ0n) is 6.63. The molecule has 0 bridgehead atoms. The molecule has 1 rings (SSSR count). The molecule has 0 aliphatic carbocycles. The first-order chi connectivity index (χ1) is 6.68. The predicted octanol–water partition coefficient (Wildman–Crippen LogP) is 1.20. The Balaban J connectivity index is 3.84. The molecule has 0 heterocycles. The topological polar surface area (TPSA) is 74.6 Å². The van der Waals surface area contributed by atoms with Gasteiger partial charge < -0.3 is 5.11 Å². The fraction of sp³-hybridized carbons (Fsp3) is 0. The van der Waals surface area contributed by atoms with Crippen molar-refractivity contribution >= 4 is 10.1 Å². The summed E-state index contributed by atoms with van der Waals surface area (Å²) in [5.74, 6) is -11.5. The zero-order valence-corrected chi connectivity index (χ0v) is 7.45. The third-order valence-electron chi connectivity index (χ3n) is 1.46. The van der Waals surface area contributed by atoms with Crippen LogP contribution in [0, 0.1) is 23.3 Å². The van der Waals surface area contributed by atoms with Gasteiger partial charge in [0.1, 0.15) is 0 Å².